The summed E-state index contributed by atoms with van der Waals surface area (Å²) >= 11 is 0. The van der Waals surface area contributed by atoms with Gasteiger partial charge in [0.25, 0.3) is 11.5 Å². The largest absolute Gasteiger partial charge is 0.332 e. The fraction of sp³-hybridized carbons (Fsp3) is 0.105. The van der Waals surface area contributed by atoms with Crippen LogP contribution >= 0.6 is 0 Å². The zero-order chi connectivity index (χ0) is 19.1. The van der Waals surface area contributed by atoms with Crippen LogP contribution < -0.4 is 16.6 Å². The molecule has 27 heavy (non-hydrogen) atoms. The first-order valence-corrected chi connectivity index (χ1v) is 8.18. The molecule has 0 radical (unpaired) electrons. The Labute approximate surface area is 152 Å². The van der Waals surface area contributed by atoms with Crippen LogP contribution in [0.2, 0.25) is 0 Å². The number of nitrogens with one attached hydrogen (secondary N) is 1. The lowest BCUT2D eigenvalue weighted by Gasteiger charge is -2.09. The van der Waals surface area contributed by atoms with E-state index in [9.17, 15) is 14.4 Å². The molecule has 3 heterocycles. The van der Waals surface area contributed by atoms with Gasteiger partial charge in [-0.25, -0.2) is 14.8 Å². The molecular weight excluding hydrogens is 346 g/mol. The Balaban J connectivity index is 1.73. The van der Waals surface area contributed by atoms with Gasteiger partial charge in [0, 0.05) is 19.5 Å². The first-order chi connectivity index (χ1) is 13.0. The number of fused-ring (bicyclic) bond motifs is 2. The molecule has 1 amide bonds. The summed E-state index contributed by atoms with van der Waals surface area (Å²) in [6.45, 7) is 0. The number of benzene rings is 1. The lowest BCUT2D eigenvalue weighted by atomic mass is 10.2. The molecule has 0 unspecified atom stereocenters. The number of hydrogen-bond acceptors (Lipinski definition) is 5. The fourth-order valence-electron chi connectivity index (χ4n) is 2.92. The monoisotopic (exact) mass is 361 g/mol. The Morgan fingerprint density at radius 1 is 1.04 bits per heavy atom. The number of anilines is 1. The first kappa shape index (κ1) is 16.6. The zero-order valence-electron chi connectivity index (χ0n) is 14.6. The van der Waals surface area contributed by atoms with Crippen molar-refractivity contribution in [2.24, 2.45) is 14.1 Å². The minimum atomic E-state index is -0.472. The molecule has 8 nitrogen and oxygen atoms in total. The molecule has 0 aliphatic rings. The van der Waals surface area contributed by atoms with Gasteiger partial charge >= 0.3 is 5.69 Å². The highest BCUT2D eigenvalue weighted by atomic mass is 16.2. The Hall–Kier alpha value is -3.81. The van der Waals surface area contributed by atoms with Crippen LogP contribution in [0.5, 0.6) is 0 Å². The minimum absolute atomic E-state index is 0.240. The van der Waals surface area contributed by atoms with Crippen molar-refractivity contribution in [3.05, 3.63) is 75.2 Å². The minimum Gasteiger partial charge on any atom is -0.319 e. The third-order valence-corrected chi connectivity index (χ3v) is 4.38. The summed E-state index contributed by atoms with van der Waals surface area (Å²) in [6.07, 6.45) is 1.40. The van der Waals surface area contributed by atoms with E-state index in [-0.39, 0.29) is 16.7 Å². The van der Waals surface area contributed by atoms with Gasteiger partial charge in [0.15, 0.2) is 0 Å². The number of amides is 1. The second-order valence-corrected chi connectivity index (χ2v) is 6.14. The number of nitrogens with zero attached hydrogens (tertiary/aromatic N) is 4. The van der Waals surface area contributed by atoms with Crippen LogP contribution in [0.25, 0.3) is 21.9 Å². The predicted octanol–water partition coefficient (Wildman–Crippen LogP) is 1.43. The smallest absolute Gasteiger partial charge is 0.319 e. The van der Waals surface area contributed by atoms with Crippen molar-refractivity contribution >= 4 is 33.5 Å². The SMILES string of the molecule is Cn1c(=O)c2cc(NC(=O)c3ccc4ccccc4n3)cnc2n(C)c1=O. The highest BCUT2D eigenvalue weighted by molar-refractivity contribution is 6.04. The van der Waals surface area contributed by atoms with E-state index < -0.39 is 17.2 Å². The summed E-state index contributed by atoms with van der Waals surface area (Å²) in [5, 5.41) is 3.87. The molecule has 8 heteroatoms. The highest BCUT2D eigenvalue weighted by Gasteiger charge is 2.13. The summed E-state index contributed by atoms with van der Waals surface area (Å²) < 4.78 is 2.29. The number of carbonyl (C=O) groups excluding carboxylic acids is 1. The molecule has 4 aromatic rings. The molecule has 1 aromatic carbocycles. The van der Waals surface area contributed by atoms with Gasteiger partial charge in [0.2, 0.25) is 0 Å². The molecule has 0 aliphatic carbocycles. The fourth-order valence-corrected chi connectivity index (χ4v) is 2.92. The van der Waals surface area contributed by atoms with Gasteiger partial charge in [0.1, 0.15) is 11.3 Å². The van der Waals surface area contributed by atoms with Crippen molar-refractivity contribution in [3.8, 4) is 0 Å². The number of aryl methyl sites for hydroxylation is 1. The molecule has 0 aliphatic heterocycles. The van der Waals surface area contributed by atoms with E-state index in [4.69, 9.17) is 0 Å². The van der Waals surface area contributed by atoms with Crippen molar-refractivity contribution in [2.75, 3.05) is 5.32 Å². The number of para-hydroxylation sites is 1. The van der Waals surface area contributed by atoms with E-state index in [1.165, 1.54) is 30.9 Å². The van der Waals surface area contributed by atoms with Crippen LogP contribution in [-0.2, 0) is 14.1 Å². The molecule has 0 fully saturated rings. The Morgan fingerprint density at radius 2 is 1.81 bits per heavy atom. The van der Waals surface area contributed by atoms with Gasteiger partial charge in [-0.05, 0) is 18.2 Å². The van der Waals surface area contributed by atoms with Crippen molar-refractivity contribution in [3.63, 3.8) is 0 Å². The Kier molecular flexibility index (Phi) is 3.80. The Morgan fingerprint density at radius 3 is 2.63 bits per heavy atom. The van der Waals surface area contributed by atoms with E-state index in [2.05, 4.69) is 15.3 Å². The molecule has 0 spiro atoms. The first-order valence-electron chi connectivity index (χ1n) is 8.18. The molecule has 1 N–H and O–H groups in total. The van der Waals surface area contributed by atoms with Crippen LogP contribution in [0.15, 0.2) is 58.3 Å². The number of aromatic nitrogens is 4. The standard InChI is InChI=1S/C19H15N5O3/c1-23-16-13(18(26)24(2)19(23)27)9-12(10-20-16)21-17(25)15-8-7-11-5-3-4-6-14(11)22-15/h3-10H,1-2H3,(H,21,25). The Bertz CT molecular complexity index is 1340. The van der Waals surface area contributed by atoms with Crippen molar-refractivity contribution in [2.45, 2.75) is 0 Å². The molecule has 0 saturated carbocycles. The molecule has 0 atom stereocenters. The molecule has 0 bridgehead atoms. The maximum absolute atomic E-state index is 12.5. The van der Waals surface area contributed by atoms with E-state index >= 15 is 0 Å². The summed E-state index contributed by atoms with van der Waals surface area (Å²) in [5.74, 6) is -0.413. The van der Waals surface area contributed by atoms with Crippen LogP contribution in [0, 0.1) is 0 Å². The van der Waals surface area contributed by atoms with Crippen LogP contribution in [0.1, 0.15) is 10.5 Å². The maximum Gasteiger partial charge on any atom is 0.332 e. The summed E-state index contributed by atoms with van der Waals surface area (Å²) in [6, 6.07) is 12.5. The van der Waals surface area contributed by atoms with Gasteiger partial charge in [0.05, 0.1) is 22.8 Å². The zero-order valence-corrected chi connectivity index (χ0v) is 14.6. The van der Waals surface area contributed by atoms with Crippen LogP contribution in [0.3, 0.4) is 0 Å². The van der Waals surface area contributed by atoms with E-state index in [0.29, 0.717) is 11.2 Å². The van der Waals surface area contributed by atoms with Crippen molar-refractivity contribution < 1.29 is 4.79 Å². The average molecular weight is 361 g/mol. The van der Waals surface area contributed by atoms with E-state index in [1.807, 2.05) is 30.3 Å². The number of hydrogen-bond donors (Lipinski definition) is 1. The van der Waals surface area contributed by atoms with Crippen molar-refractivity contribution in [1.82, 2.24) is 19.1 Å². The summed E-state index contributed by atoms with van der Waals surface area (Å²) in [7, 11) is 2.93. The maximum atomic E-state index is 12.5. The number of pyridine rings is 2. The second kappa shape index (κ2) is 6.17. The molecule has 4 rings (SSSR count). The third kappa shape index (κ3) is 2.77. The van der Waals surface area contributed by atoms with E-state index in [1.54, 1.807) is 6.07 Å². The predicted molar refractivity (Wildman–Crippen MR) is 102 cm³/mol. The van der Waals surface area contributed by atoms with Crippen LogP contribution in [-0.4, -0.2) is 25.0 Å². The van der Waals surface area contributed by atoms with E-state index in [0.717, 1.165) is 9.95 Å². The normalized spacial score (nSPS) is 11.0. The summed E-state index contributed by atoms with van der Waals surface area (Å²) in [5.41, 5.74) is 0.633. The van der Waals surface area contributed by atoms with Gasteiger partial charge in [-0.2, -0.15) is 0 Å². The molecular formula is C19H15N5O3. The number of rotatable bonds is 2. The van der Waals surface area contributed by atoms with Crippen LogP contribution in [0.4, 0.5) is 5.69 Å². The van der Waals surface area contributed by atoms with Gasteiger partial charge < -0.3 is 5.32 Å². The third-order valence-electron chi connectivity index (χ3n) is 4.38. The average Bonchev–Trinajstić information content (AvgIpc) is 2.70. The van der Waals surface area contributed by atoms with Gasteiger partial charge in [-0.3, -0.25) is 18.7 Å². The number of carbonyl (C=O) groups is 1. The topological polar surface area (TPSA) is 98.9 Å². The quantitative estimate of drug-likeness (QED) is 0.582. The highest BCUT2D eigenvalue weighted by Crippen LogP contribution is 2.15. The lowest BCUT2D eigenvalue weighted by Crippen LogP contribution is -2.37. The van der Waals surface area contributed by atoms with Gasteiger partial charge in [-0.1, -0.05) is 24.3 Å². The molecule has 3 aromatic heterocycles. The molecule has 0 saturated heterocycles. The molecule has 134 valence electrons. The van der Waals surface area contributed by atoms with Gasteiger partial charge in [-0.15, -0.1) is 0 Å². The lowest BCUT2D eigenvalue weighted by molar-refractivity contribution is 0.102. The van der Waals surface area contributed by atoms with Crippen molar-refractivity contribution in [1.29, 1.82) is 0 Å². The summed E-state index contributed by atoms with van der Waals surface area (Å²) in [4.78, 5) is 45.3. The second-order valence-electron chi connectivity index (χ2n) is 6.14.